The Morgan fingerprint density at radius 3 is 2.96 bits per heavy atom. The summed E-state index contributed by atoms with van der Waals surface area (Å²) in [6.45, 7) is 3.08. The van der Waals surface area contributed by atoms with E-state index < -0.39 is 0 Å². The molecule has 4 rings (SSSR count). The summed E-state index contributed by atoms with van der Waals surface area (Å²) in [6.07, 6.45) is 4.55. The lowest BCUT2D eigenvalue weighted by molar-refractivity contribution is 0.278. The summed E-state index contributed by atoms with van der Waals surface area (Å²) in [5.41, 5.74) is 3.43. The van der Waals surface area contributed by atoms with Crippen LogP contribution in [-0.2, 0) is 13.6 Å². The fourth-order valence-corrected chi connectivity index (χ4v) is 3.24. The molecule has 7 heteroatoms. The van der Waals surface area contributed by atoms with Crippen molar-refractivity contribution >= 4 is 5.69 Å². The number of nitrogens with zero attached hydrogens (tertiary/aromatic N) is 4. The van der Waals surface area contributed by atoms with Gasteiger partial charge in [0.05, 0.1) is 6.61 Å². The molecule has 1 saturated carbocycles. The third-order valence-corrected chi connectivity index (χ3v) is 4.90. The van der Waals surface area contributed by atoms with Crippen LogP contribution >= 0.6 is 0 Å². The van der Waals surface area contributed by atoms with E-state index in [4.69, 9.17) is 4.74 Å². The molecule has 3 heterocycles. The van der Waals surface area contributed by atoms with Crippen molar-refractivity contribution in [1.82, 2.24) is 19.7 Å². The molecule has 7 nitrogen and oxygen atoms in total. The van der Waals surface area contributed by atoms with Gasteiger partial charge in [-0.15, -0.1) is 5.10 Å². The van der Waals surface area contributed by atoms with E-state index in [1.54, 1.807) is 25.5 Å². The number of anilines is 1. The van der Waals surface area contributed by atoms with Crippen molar-refractivity contribution in [3.8, 4) is 5.88 Å². The van der Waals surface area contributed by atoms with Gasteiger partial charge in [0, 0.05) is 55.3 Å². The van der Waals surface area contributed by atoms with Gasteiger partial charge in [-0.3, -0.25) is 14.8 Å². The Kier molecular flexibility index (Phi) is 5.06. The highest BCUT2D eigenvalue weighted by atomic mass is 16.5. The van der Waals surface area contributed by atoms with E-state index in [0.29, 0.717) is 36.6 Å². The Morgan fingerprint density at radius 2 is 2.18 bits per heavy atom. The molecule has 0 bridgehead atoms. The molecule has 3 aromatic heterocycles. The van der Waals surface area contributed by atoms with Gasteiger partial charge >= 0.3 is 0 Å². The van der Waals surface area contributed by atoms with E-state index in [9.17, 15) is 4.79 Å². The molecule has 3 aromatic rings. The minimum atomic E-state index is -0.190. The quantitative estimate of drug-likeness (QED) is 0.682. The van der Waals surface area contributed by atoms with Crippen LogP contribution in [0.5, 0.6) is 5.88 Å². The van der Waals surface area contributed by atoms with Gasteiger partial charge < -0.3 is 10.1 Å². The van der Waals surface area contributed by atoms with Gasteiger partial charge in [0.2, 0.25) is 5.88 Å². The molecule has 0 radical (unpaired) electrons. The summed E-state index contributed by atoms with van der Waals surface area (Å²) in [5, 5.41) is 7.37. The minimum absolute atomic E-state index is 0.190. The molecule has 1 fully saturated rings. The van der Waals surface area contributed by atoms with E-state index in [1.807, 2.05) is 31.2 Å². The summed E-state index contributed by atoms with van der Waals surface area (Å²) >= 11 is 0. The molecule has 0 aromatic carbocycles. The summed E-state index contributed by atoms with van der Waals surface area (Å²) in [6, 6.07) is 11.6. The maximum atomic E-state index is 12.3. The van der Waals surface area contributed by atoms with E-state index in [0.717, 1.165) is 23.4 Å². The van der Waals surface area contributed by atoms with Gasteiger partial charge in [0.1, 0.15) is 5.69 Å². The molecule has 0 spiro atoms. The molecule has 144 valence electrons. The third kappa shape index (κ3) is 4.19. The molecular weight excluding hydrogens is 354 g/mol. The average Bonchev–Trinajstić information content (AvgIpc) is 3.48. The maximum Gasteiger partial charge on any atom is 0.290 e. The Hall–Kier alpha value is -3.22. The SMILES string of the molecule is Cc1cccc([C@H]2C[C@@H]2COc2cc(NCc3cccnc3)c(=O)n(C)n2)n1. The van der Waals surface area contributed by atoms with Crippen molar-refractivity contribution in [3.63, 3.8) is 0 Å². The average molecular weight is 377 g/mol. The largest absolute Gasteiger partial charge is 0.476 e. The molecule has 2 atom stereocenters. The third-order valence-electron chi connectivity index (χ3n) is 4.90. The van der Waals surface area contributed by atoms with Crippen molar-refractivity contribution in [3.05, 3.63) is 76.1 Å². The molecule has 0 aliphatic heterocycles. The van der Waals surface area contributed by atoms with Crippen LogP contribution in [0.4, 0.5) is 5.69 Å². The van der Waals surface area contributed by atoms with Crippen LogP contribution in [0.25, 0.3) is 0 Å². The van der Waals surface area contributed by atoms with Crippen molar-refractivity contribution in [2.24, 2.45) is 13.0 Å². The highest BCUT2D eigenvalue weighted by molar-refractivity contribution is 5.43. The van der Waals surface area contributed by atoms with Crippen LogP contribution in [0.15, 0.2) is 53.6 Å². The molecule has 28 heavy (non-hydrogen) atoms. The first-order chi connectivity index (χ1) is 13.6. The minimum Gasteiger partial charge on any atom is -0.476 e. The van der Waals surface area contributed by atoms with Crippen molar-refractivity contribution in [2.45, 2.75) is 25.8 Å². The monoisotopic (exact) mass is 377 g/mol. The fourth-order valence-electron chi connectivity index (χ4n) is 3.24. The van der Waals surface area contributed by atoms with Gasteiger partial charge in [0.25, 0.3) is 5.56 Å². The van der Waals surface area contributed by atoms with Gasteiger partial charge in [-0.1, -0.05) is 12.1 Å². The van der Waals surface area contributed by atoms with Crippen LogP contribution in [0, 0.1) is 12.8 Å². The van der Waals surface area contributed by atoms with Gasteiger partial charge in [-0.05, 0) is 37.1 Å². The summed E-state index contributed by atoms with van der Waals surface area (Å²) < 4.78 is 7.19. The Labute approximate surface area is 163 Å². The van der Waals surface area contributed by atoms with Gasteiger partial charge in [-0.25, -0.2) is 4.68 Å². The molecule has 1 N–H and O–H groups in total. The summed E-state index contributed by atoms with van der Waals surface area (Å²) in [5.74, 6) is 1.31. The normalized spacial score (nSPS) is 17.9. The van der Waals surface area contributed by atoms with Gasteiger partial charge in [0.15, 0.2) is 0 Å². The number of aromatic nitrogens is 4. The molecule has 0 saturated heterocycles. The first-order valence-corrected chi connectivity index (χ1v) is 9.37. The zero-order valence-electron chi connectivity index (χ0n) is 16.0. The highest BCUT2D eigenvalue weighted by Gasteiger charge is 2.40. The second-order valence-corrected chi connectivity index (χ2v) is 7.16. The summed E-state index contributed by atoms with van der Waals surface area (Å²) in [4.78, 5) is 21.0. The lowest BCUT2D eigenvalue weighted by Crippen LogP contribution is -2.24. The topological polar surface area (TPSA) is 81.9 Å². The molecular formula is C21H23N5O2. The predicted octanol–water partition coefficient (Wildman–Crippen LogP) is 2.67. The smallest absolute Gasteiger partial charge is 0.290 e. The van der Waals surface area contributed by atoms with Crippen molar-refractivity contribution < 1.29 is 4.74 Å². The number of hydrogen-bond donors (Lipinski definition) is 1. The van der Waals surface area contributed by atoms with E-state index in [1.165, 1.54) is 4.68 Å². The Bertz CT molecular complexity index is 1020. The lowest BCUT2D eigenvalue weighted by atomic mass is 10.2. The van der Waals surface area contributed by atoms with E-state index in [-0.39, 0.29) is 5.56 Å². The number of ether oxygens (including phenoxy) is 1. The van der Waals surface area contributed by atoms with Crippen LogP contribution in [0.3, 0.4) is 0 Å². The first kappa shape index (κ1) is 18.2. The second kappa shape index (κ2) is 7.80. The first-order valence-electron chi connectivity index (χ1n) is 9.37. The molecule has 1 aliphatic rings. The number of rotatable bonds is 7. The highest BCUT2D eigenvalue weighted by Crippen LogP contribution is 2.46. The second-order valence-electron chi connectivity index (χ2n) is 7.16. The number of pyridine rings is 2. The van der Waals surface area contributed by atoms with Crippen LogP contribution in [-0.4, -0.2) is 26.4 Å². The molecule has 0 unspecified atom stereocenters. The Morgan fingerprint density at radius 1 is 1.29 bits per heavy atom. The zero-order chi connectivity index (χ0) is 19.5. The fraction of sp³-hybridized carbons (Fsp3) is 0.333. The van der Waals surface area contributed by atoms with Gasteiger partial charge in [-0.2, -0.15) is 0 Å². The predicted molar refractivity (Wildman–Crippen MR) is 106 cm³/mol. The van der Waals surface area contributed by atoms with Crippen molar-refractivity contribution in [1.29, 1.82) is 0 Å². The van der Waals surface area contributed by atoms with E-state index in [2.05, 4.69) is 26.4 Å². The standard InChI is InChI=1S/C21H23N5O2/c1-14-5-3-7-18(24-14)17-9-16(17)13-28-20-10-19(21(27)26(2)25-20)23-12-15-6-4-8-22-11-15/h3-8,10-11,16-17,23H,9,12-13H2,1-2H3/t16-,17+/m1/s1. The molecule has 0 amide bonds. The zero-order valence-corrected chi connectivity index (χ0v) is 16.0. The van der Waals surface area contributed by atoms with Crippen LogP contribution < -0.4 is 15.6 Å². The van der Waals surface area contributed by atoms with Crippen molar-refractivity contribution in [2.75, 3.05) is 11.9 Å². The number of nitrogens with one attached hydrogen (secondary N) is 1. The summed E-state index contributed by atoms with van der Waals surface area (Å²) in [7, 11) is 1.63. The number of aryl methyl sites for hydroxylation is 2. The lowest BCUT2D eigenvalue weighted by Gasteiger charge is -2.10. The molecule has 1 aliphatic carbocycles. The number of hydrogen-bond acceptors (Lipinski definition) is 6. The van der Waals surface area contributed by atoms with Crippen LogP contribution in [0.2, 0.25) is 0 Å². The Balaban J connectivity index is 1.38. The maximum absolute atomic E-state index is 12.3. The van der Waals surface area contributed by atoms with Crippen LogP contribution in [0.1, 0.15) is 29.3 Å². The van der Waals surface area contributed by atoms with E-state index >= 15 is 0 Å².